The Hall–Kier alpha value is -4.65. The zero-order valence-electron chi connectivity index (χ0n) is 24.0. The lowest BCUT2D eigenvalue weighted by Crippen LogP contribution is -2.62. The molecule has 0 unspecified atom stereocenters. The molecule has 0 radical (unpaired) electrons. The summed E-state index contributed by atoms with van der Waals surface area (Å²) >= 11 is 0. The first-order chi connectivity index (χ1) is 20.8. The molecule has 1 N–H and O–H groups in total. The summed E-state index contributed by atoms with van der Waals surface area (Å²) in [5.74, 6) is -0.875. The minimum atomic E-state index is -1.46. The number of carbonyl (C=O) groups is 3. The van der Waals surface area contributed by atoms with E-state index in [9.17, 15) is 19.5 Å². The number of carbonyl (C=O) groups excluding carboxylic acids is 3. The molecule has 3 aromatic carbocycles. The van der Waals surface area contributed by atoms with E-state index in [0.29, 0.717) is 17.2 Å². The molecule has 12 heteroatoms. The number of ether oxygens (including phenoxy) is 8. The van der Waals surface area contributed by atoms with Crippen LogP contribution in [0.2, 0.25) is 0 Å². The lowest BCUT2D eigenvalue weighted by atomic mass is 9.97. The summed E-state index contributed by atoms with van der Waals surface area (Å²) in [6.45, 7) is -0.643. The van der Waals surface area contributed by atoms with Crippen LogP contribution < -0.4 is 14.2 Å². The molecule has 1 aliphatic heterocycles. The Bertz CT molecular complexity index is 1300. The summed E-state index contributed by atoms with van der Waals surface area (Å²) in [5.41, 5.74) is 0.451. The number of hydrogen-bond acceptors (Lipinski definition) is 12. The topological polar surface area (TPSA) is 145 Å². The first-order valence-corrected chi connectivity index (χ1v) is 13.2. The Morgan fingerprint density at radius 1 is 0.581 bits per heavy atom. The minimum Gasteiger partial charge on any atom is -0.497 e. The molecule has 43 heavy (non-hydrogen) atoms. The van der Waals surface area contributed by atoms with Gasteiger partial charge in [-0.05, 0) is 72.8 Å². The Labute approximate surface area is 247 Å². The molecule has 3 aromatic rings. The highest BCUT2D eigenvalue weighted by molar-refractivity contribution is 5.91. The fraction of sp³-hybridized carbons (Fsp3) is 0.323. The van der Waals surface area contributed by atoms with Gasteiger partial charge in [-0.1, -0.05) is 0 Å². The summed E-state index contributed by atoms with van der Waals surface area (Å²) in [6.07, 6.45) is -6.81. The molecule has 5 atom stereocenters. The van der Waals surface area contributed by atoms with Crippen LogP contribution in [0.4, 0.5) is 0 Å². The molecule has 0 amide bonds. The second-order valence-electron chi connectivity index (χ2n) is 9.26. The van der Waals surface area contributed by atoms with Crippen LogP contribution in [-0.4, -0.2) is 88.8 Å². The maximum absolute atomic E-state index is 13.3. The highest BCUT2D eigenvalue weighted by Crippen LogP contribution is 2.31. The largest absolute Gasteiger partial charge is 0.497 e. The van der Waals surface area contributed by atoms with E-state index in [0.717, 1.165) is 0 Å². The number of esters is 3. The number of aliphatic hydroxyl groups is 1. The molecule has 0 saturated carbocycles. The molecule has 4 rings (SSSR count). The molecule has 0 aromatic heterocycles. The number of rotatable bonds is 11. The summed E-state index contributed by atoms with van der Waals surface area (Å²) in [4.78, 5) is 39.7. The summed E-state index contributed by atoms with van der Waals surface area (Å²) in [7, 11) is 5.75. The molecule has 12 nitrogen and oxygen atoms in total. The smallest absolute Gasteiger partial charge is 0.338 e. The highest BCUT2D eigenvalue weighted by atomic mass is 16.7. The fourth-order valence-corrected chi connectivity index (χ4v) is 4.37. The summed E-state index contributed by atoms with van der Waals surface area (Å²) in [5, 5.41) is 10.2. The van der Waals surface area contributed by atoms with E-state index in [4.69, 9.17) is 37.9 Å². The predicted octanol–water partition coefficient (Wildman–Crippen LogP) is 3.05. The monoisotopic (exact) mass is 596 g/mol. The Balaban J connectivity index is 1.68. The van der Waals surface area contributed by atoms with E-state index in [1.165, 1.54) is 64.8 Å². The van der Waals surface area contributed by atoms with Gasteiger partial charge in [0.15, 0.2) is 24.6 Å². The van der Waals surface area contributed by atoms with Crippen LogP contribution in [0.25, 0.3) is 0 Å². The van der Waals surface area contributed by atoms with Gasteiger partial charge in [0.1, 0.15) is 23.4 Å². The van der Waals surface area contributed by atoms with E-state index in [1.54, 1.807) is 36.4 Å². The quantitative estimate of drug-likeness (QED) is 0.256. The molecule has 1 aliphatic rings. The van der Waals surface area contributed by atoms with Crippen LogP contribution in [0.15, 0.2) is 72.8 Å². The van der Waals surface area contributed by atoms with Crippen molar-refractivity contribution in [1.29, 1.82) is 0 Å². The van der Waals surface area contributed by atoms with Crippen molar-refractivity contribution in [1.82, 2.24) is 0 Å². The van der Waals surface area contributed by atoms with Gasteiger partial charge in [-0.3, -0.25) is 0 Å². The predicted molar refractivity (Wildman–Crippen MR) is 149 cm³/mol. The molecular weight excluding hydrogens is 564 g/mol. The first-order valence-electron chi connectivity index (χ1n) is 13.2. The van der Waals surface area contributed by atoms with E-state index in [2.05, 4.69) is 0 Å². The fourth-order valence-electron chi connectivity index (χ4n) is 4.37. The second-order valence-corrected chi connectivity index (χ2v) is 9.26. The van der Waals surface area contributed by atoms with Crippen LogP contribution in [0.1, 0.15) is 31.1 Å². The summed E-state index contributed by atoms with van der Waals surface area (Å²) < 4.78 is 44.0. The maximum atomic E-state index is 13.3. The average molecular weight is 597 g/mol. The van der Waals surface area contributed by atoms with Crippen molar-refractivity contribution in [3.05, 3.63) is 89.5 Å². The third-order valence-electron chi connectivity index (χ3n) is 6.71. The van der Waals surface area contributed by atoms with E-state index < -0.39 is 55.2 Å². The molecule has 1 saturated heterocycles. The van der Waals surface area contributed by atoms with E-state index >= 15 is 0 Å². The van der Waals surface area contributed by atoms with Crippen LogP contribution in [0, 0.1) is 0 Å². The lowest BCUT2D eigenvalue weighted by Gasteiger charge is -2.43. The van der Waals surface area contributed by atoms with Crippen molar-refractivity contribution < 1.29 is 57.4 Å². The Morgan fingerprint density at radius 2 is 0.930 bits per heavy atom. The van der Waals surface area contributed by atoms with E-state index in [1.807, 2.05) is 0 Å². The van der Waals surface area contributed by atoms with Crippen molar-refractivity contribution in [2.75, 3.05) is 35.0 Å². The molecule has 228 valence electrons. The third kappa shape index (κ3) is 7.41. The van der Waals surface area contributed by atoms with Crippen molar-refractivity contribution in [2.45, 2.75) is 30.7 Å². The zero-order valence-corrected chi connectivity index (χ0v) is 24.0. The Morgan fingerprint density at radius 3 is 1.26 bits per heavy atom. The van der Waals surface area contributed by atoms with Gasteiger partial charge in [0.2, 0.25) is 0 Å². The van der Waals surface area contributed by atoms with Gasteiger partial charge in [-0.15, -0.1) is 0 Å². The van der Waals surface area contributed by atoms with E-state index in [-0.39, 0.29) is 16.7 Å². The van der Waals surface area contributed by atoms with Gasteiger partial charge in [-0.2, -0.15) is 0 Å². The molecule has 0 aliphatic carbocycles. The zero-order chi connectivity index (χ0) is 30.9. The van der Waals surface area contributed by atoms with Gasteiger partial charge in [0.25, 0.3) is 0 Å². The number of aliphatic hydroxyl groups excluding tert-OH is 1. The van der Waals surface area contributed by atoms with Crippen molar-refractivity contribution in [3.8, 4) is 17.2 Å². The van der Waals surface area contributed by atoms with Crippen LogP contribution in [-0.2, 0) is 23.7 Å². The van der Waals surface area contributed by atoms with Gasteiger partial charge < -0.3 is 43.0 Å². The molecule has 1 fully saturated rings. The van der Waals surface area contributed by atoms with Gasteiger partial charge in [-0.25, -0.2) is 14.4 Å². The standard InChI is InChI=1S/C31H32O12/c1-36-21-11-5-18(6-12-21)28(33)41-25-24(17-32)40-31(39-4)27(43-30(35)20-9-15-23(38-3)16-10-20)26(25)42-29(34)19-7-13-22(37-2)14-8-19/h5-16,24-27,31-32H,17H2,1-4H3/t24-,25-,26+,27-,31+/m1/s1. The first kappa shape index (κ1) is 31.3. The summed E-state index contributed by atoms with van der Waals surface area (Å²) in [6, 6.07) is 18.3. The number of benzene rings is 3. The van der Waals surface area contributed by atoms with Gasteiger partial charge >= 0.3 is 17.9 Å². The number of methoxy groups -OCH3 is 4. The molecule has 0 spiro atoms. The molecular formula is C31H32O12. The minimum absolute atomic E-state index is 0.141. The lowest BCUT2D eigenvalue weighted by molar-refractivity contribution is -0.292. The van der Waals surface area contributed by atoms with Crippen LogP contribution in [0.5, 0.6) is 17.2 Å². The average Bonchev–Trinajstić information content (AvgIpc) is 3.06. The SMILES string of the molecule is COc1ccc(C(=O)O[C@@H]2[C@@H](OC(=O)c3ccc(OC)cc3)[C@@H](OC)O[C@H](CO)[C@H]2OC(=O)c2ccc(OC)cc2)cc1. The molecule has 0 bridgehead atoms. The van der Waals surface area contributed by atoms with Gasteiger partial charge in [0, 0.05) is 7.11 Å². The number of hydrogen-bond donors (Lipinski definition) is 1. The highest BCUT2D eigenvalue weighted by Gasteiger charge is 2.52. The van der Waals surface area contributed by atoms with Gasteiger partial charge in [0.05, 0.1) is 44.6 Å². The normalized spacial score (nSPS) is 21.3. The van der Waals surface area contributed by atoms with Crippen molar-refractivity contribution >= 4 is 17.9 Å². The third-order valence-corrected chi connectivity index (χ3v) is 6.71. The maximum Gasteiger partial charge on any atom is 0.338 e. The van der Waals surface area contributed by atoms with Crippen LogP contribution in [0.3, 0.4) is 0 Å². The second kappa shape index (κ2) is 14.5. The van der Waals surface area contributed by atoms with Crippen LogP contribution >= 0.6 is 0 Å². The Kier molecular flexibility index (Phi) is 10.5. The van der Waals surface area contributed by atoms with Crippen molar-refractivity contribution in [3.63, 3.8) is 0 Å². The molecule has 1 heterocycles. The van der Waals surface area contributed by atoms with Crippen molar-refractivity contribution in [2.24, 2.45) is 0 Å².